The van der Waals surface area contributed by atoms with E-state index < -0.39 is 20.5 Å². The molecule has 134 valence electrons. The maximum atomic E-state index is 11.5. The average Bonchev–Trinajstić information content (AvgIpc) is 2.43. The number of hydrogen-bond acceptors (Lipinski definition) is 8. The van der Waals surface area contributed by atoms with Crippen LogP contribution < -0.4 is 16.1 Å². The first-order valence-electron chi connectivity index (χ1n) is 7.18. The zero-order valence-electron chi connectivity index (χ0n) is 13.5. The molecule has 0 radical (unpaired) electrons. The van der Waals surface area contributed by atoms with E-state index in [1.54, 1.807) is 14.0 Å². The minimum Gasteiger partial charge on any atom is -0.450 e. The highest BCUT2D eigenvalue weighted by atomic mass is 31.2. The maximum Gasteiger partial charge on any atom is 0.410 e. The van der Waals surface area contributed by atoms with Gasteiger partial charge in [-0.2, -0.15) is 0 Å². The molecule has 7 N–H and O–H groups in total. The largest absolute Gasteiger partial charge is 0.450 e. The van der Waals surface area contributed by atoms with Crippen LogP contribution >= 0.6 is 8.53 Å². The number of carbonyl (C=O) groups is 1. The number of amides is 1. The predicted octanol–water partition coefficient (Wildman–Crippen LogP) is 0.352. The topological polar surface area (TPSA) is 146 Å². The van der Waals surface area contributed by atoms with Crippen molar-refractivity contribution in [1.29, 1.82) is 0 Å². The Morgan fingerprint density at radius 2 is 1.82 bits per heavy atom. The molecule has 0 saturated carbocycles. The molecule has 0 aliphatic heterocycles. The summed E-state index contributed by atoms with van der Waals surface area (Å²) in [7, 11) is -0.390. The molecule has 22 heavy (non-hydrogen) atoms. The molecule has 0 rings (SSSR count). The first-order chi connectivity index (χ1) is 10.4. The van der Waals surface area contributed by atoms with Crippen molar-refractivity contribution >= 4 is 14.6 Å². The van der Waals surface area contributed by atoms with Gasteiger partial charge in [-0.15, -0.1) is 0 Å². The first-order valence-corrected chi connectivity index (χ1v) is 8.50. The quantitative estimate of drug-likeness (QED) is 0.189. The van der Waals surface area contributed by atoms with E-state index in [0.717, 1.165) is 19.3 Å². The summed E-state index contributed by atoms with van der Waals surface area (Å²) in [5, 5.41) is 14.4. The molecule has 0 heterocycles. The highest BCUT2D eigenvalue weighted by Crippen LogP contribution is 2.14. The number of carbonyl (C=O) groups excluding carboxylic acids is 1. The Morgan fingerprint density at radius 3 is 2.23 bits per heavy atom. The van der Waals surface area contributed by atoms with Gasteiger partial charge in [0.25, 0.3) is 0 Å². The number of nitrogens with one attached hydrogen (secondary N) is 2. The number of hydrogen-bond donors (Lipinski definition) is 6. The third kappa shape index (κ3) is 14.4. The highest BCUT2D eigenvalue weighted by molar-refractivity contribution is 7.42. The van der Waals surface area contributed by atoms with Gasteiger partial charge in [-0.1, -0.05) is 6.42 Å². The van der Waals surface area contributed by atoms with E-state index in [0.29, 0.717) is 19.6 Å². The SMILES string of the molecule is CCOC(=O)NC(CCCCCO)(NC)OCC.NP(O)O. The molecule has 0 aromatic carbocycles. The summed E-state index contributed by atoms with van der Waals surface area (Å²) in [4.78, 5) is 26.4. The second-order valence-corrected chi connectivity index (χ2v) is 4.85. The average molecular weight is 343 g/mol. The summed E-state index contributed by atoms with van der Waals surface area (Å²) in [5.41, 5.74) is 4.29. The summed E-state index contributed by atoms with van der Waals surface area (Å²) in [6.07, 6.45) is 2.61. The lowest BCUT2D eigenvalue weighted by Crippen LogP contribution is -2.59. The number of aliphatic hydroxyl groups is 1. The van der Waals surface area contributed by atoms with E-state index in [1.807, 2.05) is 6.92 Å². The highest BCUT2D eigenvalue weighted by Gasteiger charge is 2.30. The van der Waals surface area contributed by atoms with Gasteiger partial charge in [0, 0.05) is 19.6 Å². The monoisotopic (exact) mass is 343 g/mol. The Kier molecular flexibility index (Phi) is 16.6. The molecule has 1 amide bonds. The molecule has 1 unspecified atom stereocenters. The molecule has 0 aromatic heterocycles. The van der Waals surface area contributed by atoms with E-state index >= 15 is 0 Å². The van der Waals surface area contributed by atoms with E-state index in [-0.39, 0.29) is 6.61 Å². The Morgan fingerprint density at radius 1 is 1.23 bits per heavy atom. The Bertz CT molecular complexity index is 270. The Labute approximate surface area is 133 Å². The van der Waals surface area contributed by atoms with Crippen molar-refractivity contribution in [2.24, 2.45) is 5.50 Å². The third-order valence-corrected chi connectivity index (χ3v) is 2.56. The molecule has 10 heteroatoms. The van der Waals surface area contributed by atoms with Crippen LogP contribution in [0.25, 0.3) is 0 Å². The minimum absolute atomic E-state index is 0.187. The molecule has 0 bridgehead atoms. The third-order valence-electron chi connectivity index (χ3n) is 2.56. The van der Waals surface area contributed by atoms with Crippen LogP contribution in [0.5, 0.6) is 0 Å². The lowest BCUT2D eigenvalue weighted by molar-refractivity contribution is -0.0891. The van der Waals surface area contributed by atoms with E-state index in [9.17, 15) is 4.79 Å². The van der Waals surface area contributed by atoms with Crippen molar-refractivity contribution in [2.45, 2.75) is 45.4 Å². The van der Waals surface area contributed by atoms with Gasteiger partial charge < -0.3 is 24.4 Å². The van der Waals surface area contributed by atoms with Crippen molar-refractivity contribution in [1.82, 2.24) is 10.6 Å². The molecular weight excluding hydrogens is 313 g/mol. The number of alkyl carbamates (subject to hydrolysis) is 1. The summed E-state index contributed by atoms with van der Waals surface area (Å²) in [6, 6.07) is 0. The Balaban J connectivity index is 0. The van der Waals surface area contributed by atoms with Gasteiger partial charge in [-0.25, -0.2) is 4.79 Å². The molecule has 9 nitrogen and oxygen atoms in total. The number of unbranched alkanes of at least 4 members (excludes halogenated alkanes) is 2. The van der Waals surface area contributed by atoms with E-state index in [1.165, 1.54) is 0 Å². The van der Waals surface area contributed by atoms with Gasteiger partial charge in [0.2, 0.25) is 8.53 Å². The molecule has 0 aliphatic rings. The summed E-state index contributed by atoms with van der Waals surface area (Å²) in [5.74, 6) is -0.892. The number of nitrogens with two attached hydrogens (primary N) is 1. The molecule has 0 aromatic rings. The van der Waals surface area contributed by atoms with Crippen LogP contribution in [0.3, 0.4) is 0 Å². The van der Waals surface area contributed by atoms with Crippen LogP contribution in [-0.2, 0) is 9.47 Å². The fraction of sp³-hybridized carbons (Fsp3) is 0.917. The van der Waals surface area contributed by atoms with Crippen LogP contribution in [0.2, 0.25) is 0 Å². The van der Waals surface area contributed by atoms with Crippen LogP contribution in [0.4, 0.5) is 4.79 Å². The van der Waals surface area contributed by atoms with Crippen LogP contribution in [0.1, 0.15) is 39.5 Å². The van der Waals surface area contributed by atoms with Gasteiger partial charge in [-0.05, 0) is 33.7 Å². The molecule has 1 atom stereocenters. The maximum absolute atomic E-state index is 11.5. The number of rotatable bonds is 10. The second kappa shape index (κ2) is 15.4. The van der Waals surface area contributed by atoms with Crippen molar-refractivity contribution < 1.29 is 29.2 Å². The second-order valence-electron chi connectivity index (χ2n) is 4.21. The van der Waals surface area contributed by atoms with Crippen molar-refractivity contribution in [3.63, 3.8) is 0 Å². The summed E-state index contributed by atoms with van der Waals surface area (Å²) in [6.45, 7) is 4.61. The lowest BCUT2D eigenvalue weighted by Gasteiger charge is -2.33. The normalized spacial score (nSPS) is 13.1. The first kappa shape index (κ1) is 23.7. The van der Waals surface area contributed by atoms with Gasteiger partial charge in [0.15, 0.2) is 5.85 Å². The predicted molar refractivity (Wildman–Crippen MR) is 84.7 cm³/mol. The van der Waals surface area contributed by atoms with Crippen molar-refractivity contribution in [2.75, 3.05) is 26.9 Å². The van der Waals surface area contributed by atoms with E-state index in [2.05, 4.69) is 16.1 Å². The molecule has 0 saturated heterocycles. The summed E-state index contributed by atoms with van der Waals surface area (Å²) >= 11 is 0. The fourth-order valence-corrected chi connectivity index (χ4v) is 1.67. The molecular formula is C12H30N3O6P. The van der Waals surface area contributed by atoms with Gasteiger partial charge in [0.05, 0.1) is 6.61 Å². The fourth-order valence-electron chi connectivity index (χ4n) is 1.67. The van der Waals surface area contributed by atoms with Crippen LogP contribution in [0.15, 0.2) is 0 Å². The molecule has 0 spiro atoms. The lowest BCUT2D eigenvalue weighted by atomic mass is 10.1. The smallest absolute Gasteiger partial charge is 0.410 e. The molecule has 0 aliphatic carbocycles. The summed E-state index contributed by atoms with van der Waals surface area (Å²) < 4.78 is 10.5. The zero-order valence-corrected chi connectivity index (χ0v) is 14.4. The standard InChI is InChI=1S/C12H26N2O4.H4NO2P/c1-4-17-11(16)14-12(13-3,18-5-2)9-7-6-8-10-15;1-4(2)3/h13,15H,4-10H2,1-3H3,(H,14,16);2-3H,1H2. The van der Waals surface area contributed by atoms with Crippen molar-refractivity contribution in [3.8, 4) is 0 Å². The zero-order chi connectivity index (χ0) is 17.4. The van der Waals surface area contributed by atoms with Gasteiger partial charge in [0.1, 0.15) is 0 Å². The van der Waals surface area contributed by atoms with Gasteiger partial charge in [-0.3, -0.25) is 16.1 Å². The number of ether oxygens (including phenoxy) is 2. The minimum atomic E-state index is -2.12. The Hall–Kier alpha value is -0.540. The van der Waals surface area contributed by atoms with Crippen molar-refractivity contribution in [3.05, 3.63) is 0 Å². The number of aliphatic hydroxyl groups excluding tert-OH is 1. The van der Waals surface area contributed by atoms with Gasteiger partial charge >= 0.3 is 6.09 Å². The van der Waals surface area contributed by atoms with Crippen LogP contribution in [0, 0.1) is 0 Å². The van der Waals surface area contributed by atoms with Crippen LogP contribution in [-0.4, -0.2) is 53.7 Å². The van der Waals surface area contributed by atoms with E-state index in [4.69, 9.17) is 24.4 Å². The molecule has 0 fully saturated rings.